The van der Waals surface area contributed by atoms with Gasteiger partial charge in [-0.1, -0.05) is 17.7 Å². The molecule has 2 N–H and O–H groups in total. The quantitative estimate of drug-likeness (QED) is 0.844. The fourth-order valence-corrected chi connectivity index (χ4v) is 2.24. The molecular weight excluding hydrogens is 314 g/mol. The molecule has 0 aliphatic heterocycles. The van der Waals surface area contributed by atoms with Gasteiger partial charge in [0.05, 0.1) is 12.8 Å². The lowest BCUT2D eigenvalue weighted by molar-refractivity contribution is -0.116. The number of rotatable bonds is 6. The Morgan fingerprint density at radius 2 is 2.09 bits per heavy atom. The molecule has 0 saturated heterocycles. The van der Waals surface area contributed by atoms with Gasteiger partial charge in [-0.25, -0.2) is 4.98 Å². The number of aromatic nitrogens is 1. The number of methoxy groups -OCH3 is 1. The number of amides is 1. The molecule has 0 saturated carbocycles. The van der Waals surface area contributed by atoms with Crippen molar-refractivity contribution in [3.63, 3.8) is 0 Å². The zero-order chi connectivity index (χ0) is 16.8. The van der Waals surface area contributed by atoms with E-state index < -0.39 is 0 Å². The zero-order valence-corrected chi connectivity index (χ0v) is 14.2. The van der Waals surface area contributed by atoms with Crippen molar-refractivity contribution >= 4 is 29.0 Å². The summed E-state index contributed by atoms with van der Waals surface area (Å²) in [5.74, 6) is 1.20. The van der Waals surface area contributed by atoms with Gasteiger partial charge >= 0.3 is 0 Å². The molecule has 1 aromatic carbocycles. The minimum absolute atomic E-state index is 0.106. The molecule has 1 heterocycles. The number of nitrogens with zero attached hydrogens (tertiary/aromatic N) is 1. The fourth-order valence-electron chi connectivity index (χ4n) is 2.09. The van der Waals surface area contributed by atoms with Gasteiger partial charge in [0.25, 0.3) is 0 Å². The third-order valence-corrected chi connectivity index (χ3v) is 3.71. The summed E-state index contributed by atoms with van der Waals surface area (Å²) in [7, 11) is 1.54. The number of hydrogen-bond donors (Lipinski definition) is 2. The topological polar surface area (TPSA) is 63.2 Å². The van der Waals surface area contributed by atoms with Crippen LogP contribution in [0.2, 0.25) is 5.02 Å². The second kappa shape index (κ2) is 7.83. The first-order chi connectivity index (χ1) is 11.0. The summed E-state index contributed by atoms with van der Waals surface area (Å²) in [5, 5.41) is 6.57. The molecule has 23 heavy (non-hydrogen) atoms. The lowest BCUT2D eigenvalue weighted by Crippen LogP contribution is -2.17. The van der Waals surface area contributed by atoms with Crippen LogP contribution in [0.3, 0.4) is 0 Å². The summed E-state index contributed by atoms with van der Waals surface area (Å²) in [6.07, 6.45) is 0.320. The van der Waals surface area contributed by atoms with Crippen molar-refractivity contribution in [3.05, 3.63) is 46.6 Å². The number of carbonyl (C=O) groups excluding carboxylic acids is 1. The lowest BCUT2D eigenvalue weighted by atomic mass is 10.2. The predicted octanol–water partition coefficient (Wildman–Crippen LogP) is 3.80. The van der Waals surface area contributed by atoms with Gasteiger partial charge in [-0.3, -0.25) is 4.79 Å². The van der Waals surface area contributed by atoms with Crippen LogP contribution in [0.1, 0.15) is 17.7 Å². The van der Waals surface area contributed by atoms with Crippen LogP contribution in [0.4, 0.5) is 11.5 Å². The number of nitrogens with one attached hydrogen (secondary N) is 2. The molecule has 1 amide bonds. The monoisotopic (exact) mass is 333 g/mol. The van der Waals surface area contributed by atoms with Crippen molar-refractivity contribution in [1.82, 2.24) is 4.98 Å². The van der Waals surface area contributed by atoms with Crippen molar-refractivity contribution < 1.29 is 9.53 Å². The molecule has 0 aliphatic carbocycles. The van der Waals surface area contributed by atoms with Crippen LogP contribution in [-0.2, 0) is 4.79 Å². The predicted molar refractivity (Wildman–Crippen MR) is 93.5 cm³/mol. The largest absolute Gasteiger partial charge is 0.495 e. The number of anilines is 2. The zero-order valence-electron chi connectivity index (χ0n) is 13.4. The summed E-state index contributed by atoms with van der Waals surface area (Å²) >= 11 is 6.06. The van der Waals surface area contributed by atoms with Gasteiger partial charge < -0.3 is 15.4 Å². The van der Waals surface area contributed by atoms with Crippen molar-refractivity contribution in [2.24, 2.45) is 0 Å². The molecule has 0 bridgehead atoms. The maximum absolute atomic E-state index is 12.1. The van der Waals surface area contributed by atoms with E-state index in [1.807, 2.05) is 32.0 Å². The first-order valence-corrected chi connectivity index (χ1v) is 7.69. The molecule has 2 rings (SSSR count). The van der Waals surface area contributed by atoms with Crippen molar-refractivity contribution in [3.8, 4) is 5.75 Å². The number of pyridine rings is 1. The molecule has 1 aromatic heterocycles. The van der Waals surface area contributed by atoms with E-state index in [9.17, 15) is 4.79 Å². The molecular formula is C17H20ClN3O2. The van der Waals surface area contributed by atoms with Crippen LogP contribution >= 0.6 is 11.6 Å². The van der Waals surface area contributed by atoms with Crippen molar-refractivity contribution in [2.45, 2.75) is 20.3 Å². The Hall–Kier alpha value is -2.27. The third kappa shape index (κ3) is 4.86. The molecule has 122 valence electrons. The lowest BCUT2D eigenvalue weighted by Gasteiger charge is -2.12. The summed E-state index contributed by atoms with van der Waals surface area (Å²) in [6, 6.07) is 9.21. The number of carbonyl (C=O) groups is 1. The Morgan fingerprint density at radius 1 is 1.30 bits per heavy atom. The van der Waals surface area contributed by atoms with Crippen LogP contribution in [-0.4, -0.2) is 24.5 Å². The van der Waals surface area contributed by atoms with Gasteiger partial charge in [-0.15, -0.1) is 0 Å². The van der Waals surface area contributed by atoms with Crippen molar-refractivity contribution in [1.29, 1.82) is 0 Å². The van der Waals surface area contributed by atoms with E-state index in [1.165, 1.54) is 0 Å². The third-order valence-electron chi connectivity index (χ3n) is 3.30. The molecule has 0 unspecified atom stereocenters. The molecule has 0 atom stereocenters. The van der Waals surface area contributed by atoms with E-state index in [2.05, 4.69) is 15.6 Å². The van der Waals surface area contributed by atoms with Gasteiger partial charge in [0, 0.05) is 29.7 Å². The summed E-state index contributed by atoms with van der Waals surface area (Å²) < 4.78 is 5.24. The maximum atomic E-state index is 12.1. The fraction of sp³-hybridized carbons (Fsp3) is 0.294. The minimum atomic E-state index is -0.106. The van der Waals surface area contributed by atoms with Crippen molar-refractivity contribution in [2.75, 3.05) is 24.3 Å². The Balaban J connectivity index is 1.91. The van der Waals surface area contributed by atoms with Gasteiger partial charge in [-0.05, 0) is 37.6 Å². The second-order valence-corrected chi connectivity index (χ2v) is 5.60. The average Bonchev–Trinajstić information content (AvgIpc) is 2.50. The van der Waals surface area contributed by atoms with Crippen LogP contribution in [0, 0.1) is 13.8 Å². The second-order valence-electron chi connectivity index (χ2n) is 5.19. The van der Waals surface area contributed by atoms with Gasteiger partial charge in [0.2, 0.25) is 5.91 Å². The summed E-state index contributed by atoms with van der Waals surface area (Å²) in [5.41, 5.74) is 2.43. The Labute approximate surface area is 141 Å². The van der Waals surface area contributed by atoms with Crippen LogP contribution < -0.4 is 15.4 Å². The molecule has 0 fully saturated rings. The summed E-state index contributed by atoms with van der Waals surface area (Å²) in [6.45, 7) is 4.30. The standard InChI is InChI=1S/C17H20ClN3O2/c1-11-9-14(15(23-3)10-13(11)18)21-17(22)7-8-19-16-6-4-5-12(2)20-16/h4-6,9-10H,7-8H2,1-3H3,(H,19,20)(H,21,22). The molecule has 0 aliphatic rings. The highest BCUT2D eigenvalue weighted by molar-refractivity contribution is 6.31. The maximum Gasteiger partial charge on any atom is 0.226 e. The molecule has 0 radical (unpaired) electrons. The van der Waals surface area contributed by atoms with Gasteiger partial charge in [-0.2, -0.15) is 0 Å². The van der Waals surface area contributed by atoms with Gasteiger partial charge in [0.15, 0.2) is 0 Å². The van der Waals surface area contributed by atoms with Crippen LogP contribution in [0.25, 0.3) is 0 Å². The number of ether oxygens (including phenoxy) is 1. The summed E-state index contributed by atoms with van der Waals surface area (Å²) in [4.78, 5) is 16.4. The molecule has 0 spiro atoms. The highest BCUT2D eigenvalue weighted by atomic mass is 35.5. The first kappa shape index (κ1) is 17.1. The van der Waals surface area contributed by atoms with Gasteiger partial charge in [0.1, 0.15) is 11.6 Å². The first-order valence-electron chi connectivity index (χ1n) is 7.31. The average molecular weight is 334 g/mol. The van der Waals surface area contributed by atoms with E-state index in [4.69, 9.17) is 16.3 Å². The van der Waals surface area contributed by atoms with E-state index >= 15 is 0 Å². The molecule has 5 nitrogen and oxygen atoms in total. The number of hydrogen-bond acceptors (Lipinski definition) is 4. The van der Waals surface area contributed by atoms with Crippen LogP contribution in [0.5, 0.6) is 5.75 Å². The number of halogens is 1. The molecule has 6 heteroatoms. The Morgan fingerprint density at radius 3 is 2.78 bits per heavy atom. The Kier molecular flexibility index (Phi) is 5.82. The van der Waals surface area contributed by atoms with E-state index in [1.54, 1.807) is 19.2 Å². The van der Waals surface area contributed by atoms with Crippen LogP contribution in [0.15, 0.2) is 30.3 Å². The minimum Gasteiger partial charge on any atom is -0.495 e. The SMILES string of the molecule is COc1cc(Cl)c(C)cc1NC(=O)CCNc1cccc(C)n1. The molecule has 2 aromatic rings. The highest BCUT2D eigenvalue weighted by Gasteiger charge is 2.10. The Bertz CT molecular complexity index is 704. The number of benzene rings is 1. The van der Waals surface area contributed by atoms with E-state index in [0.29, 0.717) is 29.4 Å². The number of aryl methyl sites for hydroxylation is 2. The normalized spacial score (nSPS) is 10.3. The van der Waals surface area contributed by atoms with E-state index in [0.717, 1.165) is 17.1 Å². The highest BCUT2D eigenvalue weighted by Crippen LogP contribution is 2.30. The van der Waals surface area contributed by atoms with E-state index in [-0.39, 0.29) is 5.91 Å². The smallest absolute Gasteiger partial charge is 0.226 e.